The summed E-state index contributed by atoms with van der Waals surface area (Å²) in [5.41, 5.74) is 6.48. The van der Waals surface area contributed by atoms with Gasteiger partial charge in [0.1, 0.15) is 24.2 Å². The minimum Gasteiger partial charge on any atom is -0.480 e. The zero-order valence-corrected chi connectivity index (χ0v) is 30.3. The van der Waals surface area contributed by atoms with Gasteiger partial charge in [0.15, 0.2) is 6.23 Å². The number of rotatable bonds is 14. The zero-order valence-electron chi connectivity index (χ0n) is 30.3. The number of aliphatic carboxylic acids is 1. The van der Waals surface area contributed by atoms with Crippen LogP contribution in [0.1, 0.15) is 50.2 Å². The van der Waals surface area contributed by atoms with Crippen LogP contribution in [-0.2, 0) is 30.3 Å². The van der Waals surface area contributed by atoms with Gasteiger partial charge in [-0.1, -0.05) is 18.2 Å². The Kier molecular flexibility index (Phi) is 12.8. The van der Waals surface area contributed by atoms with Crippen molar-refractivity contribution in [3.05, 3.63) is 68.1 Å². The minimum absolute atomic E-state index is 0.0123. The van der Waals surface area contributed by atoms with Gasteiger partial charge < -0.3 is 51.8 Å². The van der Waals surface area contributed by atoms with Crippen molar-refractivity contribution in [2.75, 3.05) is 13.6 Å². The number of aromatic nitrogens is 3. The van der Waals surface area contributed by atoms with E-state index < -0.39 is 89.6 Å². The summed E-state index contributed by atoms with van der Waals surface area (Å²) in [7, 11) is 1.41. The molecule has 1 fully saturated rings. The number of nitrogens with two attached hydrogens (primary N) is 1. The number of hydrogen-bond donors (Lipinski definition) is 9. The molecule has 5 amide bonds. The first-order chi connectivity index (χ1) is 24.9. The number of para-hydroxylation sites is 1. The second kappa shape index (κ2) is 16.9. The Bertz CT molecular complexity index is 1970. The van der Waals surface area contributed by atoms with Gasteiger partial charge in [-0.3, -0.25) is 28.7 Å². The Labute approximate surface area is 303 Å². The Hall–Kier alpha value is -5.53. The predicted molar refractivity (Wildman–Crippen MR) is 191 cm³/mol. The van der Waals surface area contributed by atoms with Crippen molar-refractivity contribution in [2.45, 2.75) is 96.1 Å². The molecule has 0 bridgehead atoms. The number of carboxylic acid groups (broad SMARTS) is 1. The van der Waals surface area contributed by atoms with Crippen molar-refractivity contribution >= 4 is 40.6 Å². The number of urea groups is 1. The number of nitrogens with one attached hydrogen (secondary N) is 6. The third kappa shape index (κ3) is 9.29. The van der Waals surface area contributed by atoms with E-state index in [4.69, 9.17) is 10.5 Å². The predicted octanol–water partition coefficient (Wildman–Crippen LogP) is -1.54. The summed E-state index contributed by atoms with van der Waals surface area (Å²) < 4.78 is 7.03. The molecular weight excluding hydrogens is 694 g/mol. The lowest BCUT2D eigenvalue weighted by atomic mass is 10.1. The molecule has 0 saturated carbocycles. The monoisotopic (exact) mass is 741 g/mol. The number of nitrogens with zero attached hydrogens (tertiary/aromatic N) is 2. The van der Waals surface area contributed by atoms with Crippen molar-refractivity contribution in [1.29, 1.82) is 0 Å². The SMILES string of the molecule is Cc1c(C)n(C2OC(CNC(=O)[C@@H](NC(=O)[C@H](C)NC(=O)N[C@@H](Cc3c[nH]c4ccccc34)C(=O)O)[C@H](C)N(C)C(=O)[C@H](C)N)CC2O)c(=O)[nH]c1=O. The maximum Gasteiger partial charge on any atom is 0.330 e. The summed E-state index contributed by atoms with van der Waals surface area (Å²) in [5, 5.41) is 31.3. The number of benzene rings is 1. The molecule has 1 aromatic carbocycles. The number of amides is 5. The Morgan fingerprint density at radius 2 is 1.74 bits per heavy atom. The van der Waals surface area contributed by atoms with Gasteiger partial charge in [-0.05, 0) is 46.2 Å². The Balaban J connectivity index is 1.42. The summed E-state index contributed by atoms with van der Waals surface area (Å²) in [4.78, 5) is 95.7. The summed E-state index contributed by atoms with van der Waals surface area (Å²) in [6.07, 6.45) is -1.48. The lowest BCUT2D eigenvalue weighted by Crippen LogP contribution is -2.62. The van der Waals surface area contributed by atoms with Crippen LogP contribution < -0.4 is 38.2 Å². The van der Waals surface area contributed by atoms with Gasteiger partial charge >= 0.3 is 17.7 Å². The number of likely N-dealkylation sites (N-methyl/N-ethyl adjacent to an activating group) is 1. The number of ether oxygens (including phenoxy) is 1. The fraction of sp³-hybridized carbons (Fsp3) is 0.500. The smallest absolute Gasteiger partial charge is 0.330 e. The first-order valence-corrected chi connectivity index (χ1v) is 17.0. The number of H-pyrrole nitrogens is 2. The molecule has 1 aliphatic heterocycles. The van der Waals surface area contributed by atoms with E-state index in [2.05, 4.69) is 31.2 Å². The molecule has 19 nitrogen and oxygen atoms in total. The molecule has 3 aromatic rings. The summed E-state index contributed by atoms with van der Waals surface area (Å²) in [6.45, 7) is 7.20. The van der Waals surface area contributed by atoms with Crippen molar-refractivity contribution in [3.63, 3.8) is 0 Å². The van der Waals surface area contributed by atoms with E-state index in [-0.39, 0.29) is 24.9 Å². The first-order valence-electron chi connectivity index (χ1n) is 17.0. The highest BCUT2D eigenvalue weighted by Crippen LogP contribution is 2.28. The van der Waals surface area contributed by atoms with Crippen molar-refractivity contribution < 1.29 is 38.9 Å². The maximum atomic E-state index is 13.6. The molecule has 1 saturated heterocycles. The Morgan fingerprint density at radius 1 is 1.06 bits per heavy atom. The highest BCUT2D eigenvalue weighted by molar-refractivity contribution is 5.93. The molecule has 4 rings (SSSR count). The molecule has 3 unspecified atom stereocenters. The van der Waals surface area contributed by atoms with Gasteiger partial charge in [0, 0.05) is 54.8 Å². The van der Waals surface area contributed by atoms with Crippen LogP contribution >= 0.6 is 0 Å². The highest BCUT2D eigenvalue weighted by atomic mass is 16.5. The Morgan fingerprint density at radius 3 is 2.40 bits per heavy atom. The summed E-state index contributed by atoms with van der Waals surface area (Å²) in [6, 6.07) is 0.452. The van der Waals surface area contributed by atoms with E-state index in [0.717, 1.165) is 15.5 Å². The van der Waals surface area contributed by atoms with Crippen LogP contribution in [0.4, 0.5) is 4.79 Å². The van der Waals surface area contributed by atoms with Crippen LogP contribution in [0.15, 0.2) is 40.1 Å². The standard InChI is InChI=1S/C34H47N9O10/c1-15-18(4)43(34(52)41-27(15)45)31-25(44)12-21(53-31)14-37-29(47)26(19(5)42(6)30(48)16(2)35)40-28(46)17(3)38-33(51)39-24(32(49)50)11-20-13-36-23-10-8-7-9-22(20)23/h7-10,13,16-17,19,21,24-26,31,36,44H,11-12,14,35H2,1-6H3,(H,37,47)(H,40,46)(H,49,50)(H2,38,39,51)(H,41,45,52)/t16-,17-,19-,21?,24-,25?,26-,31?/m0/s1. The van der Waals surface area contributed by atoms with Crippen LogP contribution in [0.2, 0.25) is 0 Å². The van der Waals surface area contributed by atoms with Gasteiger partial charge in [0.05, 0.1) is 18.2 Å². The molecule has 53 heavy (non-hydrogen) atoms. The quantitative estimate of drug-likeness (QED) is 0.0913. The topological polar surface area (TPSA) is 283 Å². The molecule has 2 aromatic heterocycles. The lowest BCUT2D eigenvalue weighted by molar-refractivity contribution is -0.139. The van der Waals surface area contributed by atoms with Gasteiger partial charge in [-0.2, -0.15) is 0 Å². The lowest BCUT2D eigenvalue weighted by Gasteiger charge is -2.33. The van der Waals surface area contributed by atoms with E-state index in [1.165, 1.54) is 39.6 Å². The molecule has 19 heteroatoms. The van der Waals surface area contributed by atoms with Crippen molar-refractivity contribution in [1.82, 2.24) is 40.7 Å². The molecular formula is C34H47N9O10. The van der Waals surface area contributed by atoms with Gasteiger partial charge in [-0.15, -0.1) is 0 Å². The van der Waals surface area contributed by atoms with Gasteiger partial charge in [0.25, 0.3) is 5.56 Å². The maximum absolute atomic E-state index is 13.6. The van der Waals surface area contributed by atoms with Crippen LogP contribution in [0.25, 0.3) is 10.9 Å². The number of aliphatic hydroxyl groups is 1. The van der Waals surface area contributed by atoms with E-state index in [0.29, 0.717) is 11.3 Å². The van der Waals surface area contributed by atoms with Crippen LogP contribution in [0.3, 0.4) is 0 Å². The number of carboxylic acids is 1. The van der Waals surface area contributed by atoms with E-state index in [1.54, 1.807) is 19.2 Å². The average molecular weight is 742 g/mol. The second-order valence-electron chi connectivity index (χ2n) is 13.3. The third-order valence-electron chi connectivity index (χ3n) is 9.46. The molecule has 8 atom stereocenters. The highest BCUT2D eigenvalue weighted by Gasteiger charge is 2.39. The number of fused-ring (bicyclic) bond motifs is 1. The molecule has 0 aliphatic carbocycles. The van der Waals surface area contributed by atoms with Crippen LogP contribution in [-0.4, -0.2) is 115 Å². The van der Waals surface area contributed by atoms with Crippen LogP contribution in [0, 0.1) is 13.8 Å². The molecule has 0 spiro atoms. The molecule has 0 radical (unpaired) electrons. The molecule has 1 aliphatic rings. The number of aromatic amines is 2. The number of hydrogen-bond acceptors (Lipinski definition) is 10. The number of aliphatic hydroxyl groups excluding tert-OH is 1. The van der Waals surface area contributed by atoms with Crippen molar-refractivity contribution in [2.24, 2.45) is 5.73 Å². The largest absolute Gasteiger partial charge is 0.480 e. The normalized spacial score (nSPS) is 19.7. The average Bonchev–Trinajstić information content (AvgIpc) is 3.69. The van der Waals surface area contributed by atoms with E-state index in [1.807, 2.05) is 18.2 Å². The summed E-state index contributed by atoms with van der Waals surface area (Å²) >= 11 is 0. The third-order valence-corrected chi connectivity index (χ3v) is 9.46. The minimum atomic E-state index is -1.38. The van der Waals surface area contributed by atoms with Crippen molar-refractivity contribution in [3.8, 4) is 0 Å². The zero-order chi connectivity index (χ0) is 39.3. The fourth-order valence-corrected chi connectivity index (χ4v) is 6.08. The molecule has 3 heterocycles. The van der Waals surface area contributed by atoms with Crippen LogP contribution in [0.5, 0.6) is 0 Å². The fourth-order valence-electron chi connectivity index (χ4n) is 6.08. The number of carbonyl (C=O) groups excluding carboxylic acids is 4. The number of carbonyl (C=O) groups is 5. The van der Waals surface area contributed by atoms with Gasteiger partial charge in [-0.25, -0.2) is 14.4 Å². The molecule has 288 valence electrons. The second-order valence-corrected chi connectivity index (χ2v) is 13.3. The van der Waals surface area contributed by atoms with Gasteiger partial charge in [0.2, 0.25) is 17.7 Å². The van der Waals surface area contributed by atoms with E-state index in [9.17, 15) is 43.8 Å². The first kappa shape index (κ1) is 40.2. The molecule has 10 N–H and O–H groups in total. The summed E-state index contributed by atoms with van der Waals surface area (Å²) in [5.74, 6) is -3.39. The van der Waals surface area contributed by atoms with E-state index >= 15 is 0 Å².